The molecule has 0 bridgehead atoms. The van der Waals surface area contributed by atoms with Crippen molar-refractivity contribution in [3.8, 4) is 57.3 Å². The molecule has 0 aliphatic carbocycles. The van der Waals surface area contributed by atoms with Crippen molar-refractivity contribution in [3.63, 3.8) is 0 Å². The molecule has 0 spiro atoms. The van der Waals surface area contributed by atoms with E-state index in [0.717, 1.165) is 36.4 Å². The Hall–Kier alpha value is -5.42. The summed E-state index contributed by atoms with van der Waals surface area (Å²) in [6.45, 7) is -0.871. The number of hydrogen-bond donors (Lipinski definition) is 10. The van der Waals surface area contributed by atoms with E-state index in [1.807, 2.05) is 0 Å². The number of benzene rings is 3. The van der Waals surface area contributed by atoms with Gasteiger partial charge in [0.05, 0.1) is 12.2 Å². The van der Waals surface area contributed by atoms with E-state index in [2.05, 4.69) is 0 Å². The van der Waals surface area contributed by atoms with Crippen molar-refractivity contribution in [1.82, 2.24) is 0 Å². The molecule has 1 saturated heterocycles. The Labute approximate surface area is 244 Å². The maximum absolute atomic E-state index is 13.0. The first-order chi connectivity index (χ1) is 20.8. The van der Waals surface area contributed by atoms with Crippen LogP contribution in [0.25, 0.3) is 22.3 Å². The first-order valence-electron chi connectivity index (χ1n) is 12.6. The zero-order valence-corrected chi connectivity index (χ0v) is 22.1. The Morgan fingerprint density at radius 1 is 0.795 bits per heavy atom. The Bertz CT molecular complexity index is 1790. The molecule has 232 valence electrons. The fourth-order valence-electron chi connectivity index (χ4n) is 4.52. The fourth-order valence-corrected chi connectivity index (χ4v) is 4.52. The van der Waals surface area contributed by atoms with Crippen molar-refractivity contribution >= 4 is 16.9 Å². The highest BCUT2D eigenvalue weighted by Gasteiger charge is 2.48. The number of phenolic OH excluding ortho intramolecular Hbond substituents is 7. The summed E-state index contributed by atoms with van der Waals surface area (Å²) in [7, 11) is 0. The van der Waals surface area contributed by atoms with E-state index >= 15 is 0 Å². The van der Waals surface area contributed by atoms with Crippen LogP contribution in [0.4, 0.5) is 0 Å². The van der Waals surface area contributed by atoms with E-state index < -0.39 is 111 Å². The second-order valence-electron chi connectivity index (χ2n) is 9.68. The van der Waals surface area contributed by atoms with E-state index in [-0.39, 0.29) is 11.3 Å². The molecule has 0 radical (unpaired) electrons. The molecule has 4 aromatic rings. The minimum atomic E-state index is -2.01. The Balaban J connectivity index is 1.59. The topological polar surface area (TPSA) is 277 Å². The zero-order chi connectivity index (χ0) is 32.0. The summed E-state index contributed by atoms with van der Waals surface area (Å²) in [6.07, 6.45) is -9.30. The van der Waals surface area contributed by atoms with Crippen LogP contribution in [0.5, 0.6) is 46.0 Å². The Kier molecular flexibility index (Phi) is 7.75. The van der Waals surface area contributed by atoms with Crippen molar-refractivity contribution in [2.24, 2.45) is 0 Å². The highest BCUT2D eigenvalue weighted by molar-refractivity contribution is 5.92. The third-order valence-electron chi connectivity index (χ3n) is 6.78. The van der Waals surface area contributed by atoms with Crippen molar-refractivity contribution < 1.29 is 74.5 Å². The van der Waals surface area contributed by atoms with Gasteiger partial charge in [0.15, 0.2) is 51.6 Å². The molecule has 2 heterocycles. The average molecular weight is 616 g/mol. The standard InChI is InChI=1S/C28H24O16/c29-8-19-22(38)23(39)26(43-27(40)10-4-15(34)21(37)16(35)5-10)28(42-19)44-24-17(36)6-13(32)20-14(33)7-18(41-25(20)24)9-1-2-11(30)12(31)3-9/h1-7,19,22-23,26,28-32,34-39H,8H2. The smallest absolute Gasteiger partial charge is 0.339 e. The summed E-state index contributed by atoms with van der Waals surface area (Å²) < 4.78 is 22.2. The van der Waals surface area contributed by atoms with Crippen molar-refractivity contribution in [1.29, 1.82) is 0 Å². The number of aliphatic hydroxyl groups is 3. The van der Waals surface area contributed by atoms with Gasteiger partial charge in [-0.05, 0) is 30.3 Å². The van der Waals surface area contributed by atoms with Crippen LogP contribution in [0.3, 0.4) is 0 Å². The molecule has 10 N–H and O–H groups in total. The van der Waals surface area contributed by atoms with Crippen molar-refractivity contribution in [3.05, 3.63) is 58.3 Å². The van der Waals surface area contributed by atoms with E-state index in [9.17, 15) is 60.7 Å². The minimum absolute atomic E-state index is 0.0769. The third kappa shape index (κ3) is 5.29. The van der Waals surface area contributed by atoms with Gasteiger partial charge in [0.2, 0.25) is 12.0 Å². The van der Waals surface area contributed by atoms with E-state index in [4.69, 9.17) is 18.6 Å². The lowest BCUT2D eigenvalue weighted by Gasteiger charge is -2.41. The summed E-state index contributed by atoms with van der Waals surface area (Å²) in [6, 6.07) is 6.58. The summed E-state index contributed by atoms with van der Waals surface area (Å²) in [5.41, 5.74) is -1.87. The number of rotatable bonds is 6. The van der Waals surface area contributed by atoms with Gasteiger partial charge >= 0.3 is 5.97 Å². The molecular formula is C28H24O16. The molecule has 1 aromatic heterocycles. The van der Waals surface area contributed by atoms with Crippen LogP contribution >= 0.6 is 0 Å². The molecule has 44 heavy (non-hydrogen) atoms. The quantitative estimate of drug-likeness (QED) is 0.104. The van der Waals surface area contributed by atoms with Gasteiger partial charge < -0.3 is 69.7 Å². The van der Waals surface area contributed by atoms with E-state index in [1.54, 1.807) is 0 Å². The maximum Gasteiger partial charge on any atom is 0.339 e. The summed E-state index contributed by atoms with van der Waals surface area (Å²) >= 11 is 0. The molecule has 1 aliphatic heterocycles. The summed E-state index contributed by atoms with van der Waals surface area (Å²) in [5.74, 6) is -7.55. The van der Waals surface area contributed by atoms with Gasteiger partial charge in [-0.2, -0.15) is 0 Å². The molecule has 0 saturated carbocycles. The van der Waals surface area contributed by atoms with Gasteiger partial charge in [-0.15, -0.1) is 0 Å². The molecule has 16 heteroatoms. The van der Waals surface area contributed by atoms with E-state index in [0.29, 0.717) is 0 Å². The van der Waals surface area contributed by atoms with Gasteiger partial charge in [0.25, 0.3) is 0 Å². The van der Waals surface area contributed by atoms with Gasteiger partial charge in [-0.3, -0.25) is 4.79 Å². The first kappa shape index (κ1) is 30.1. The number of carbonyl (C=O) groups excluding carboxylic acids is 1. The second-order valence-corrected chi connectivity index (χ2v) is 9.68. The van der Waals surface area contributed by atoms with Crippen LogP contribution in [0, 0.1) is 0 Å². The molecule has 5 unspecified atom stereocenters. The lowest BCUT2D eigenvalue weighted by molar-refractivity contribution is -0.276. The number of hydrogen-bond acceptors (Lipinski definition) is 16. The number of carbonyl (C=O) groups is 1. The Morgan fingerprint density at radius 2 is 1.48 bits per heavy atom. The normalized spacial score (nSPS) is 21.7. The predicted molar refractivity (Wildman–Crippen MR) is 144 cm³/mol. The monoisotopic (exact) mass is 616 g/mol. The number of ether oxygens (including phenoxy) is 3. The zero-order valence-electron chi connectivity index (χ0n) is 22.1. The van der Waals surface area contributed by atoms with Crippen LogP contribution in [0.1, 0.15) is 10.4 Å². The number of esters is 1. The van der Waals surface area contributed by atoms with Crippen molar-refractivity contribution in [2.75, 3.05) is 6.61 Å². The lowest BCUT2D eigenvalue weighted by Crippen LogP contribution is -2.61. The van der Waals surface area contributed by atoms with Crippen LogP contribution in [-0.4, -0.2) is 94.3 Å². The molecule has 1 fully saturated rings. The van der Waals surface area contributed by atoms with Gasteiger partial charge in [-0.25, -0.2) is 4.79 Å². The molecule has 3 aromatic carbocycles. The van der Waals surface area contributed by atoms with Gasteiger partial charge in [0.1, 0.15) is 35.2 Å². The fraction of sp³-hybridized carbons (Fsp3) is 0.214. The molecular weight excluding hydrogens is 592 g/mol. The van der Waals surface area contributed by atoms with Crippen LogP contribution < -0.4 is 10.2 Å². The molecule has 5 atom stereocenters. The van der Waals surface area contributed by atoms with Gasteiger partial charge in [-0.1, -0.05) is 0 Å². The lowest BCUT2D eigenvalue weighted by atomic mass is 9.99. The second kappa shape index (κ2) is 11.3. The highest BCUT2D eigenvalue weighted by Crippen LogP contribution is 2.43. The SMILES string of the molecule is O=C(OC1C(Oc2c(O)cc(O)c3c(=O)cc(-c4ccc(O)c(O)c4)oc23)OC(CO)C(O)C1O)c1cc(O)c(O)c(O)c1. The Morgan fingerprint density at radius 3 is 2.11 bits per heavy atom. The largest absolute Gasteiger partial charge is 0.507 e. The van der Waals surface area contributed by atoms with Crippen LogP contribution in [-0.2, 0) is 9.47 Å². The summed E-state index contributed by atoms with van der Waals surface area (Å²) in [5, 5.41) is 100. The highest BCUT2D eigenvalue weighted by atomic mass is 16.7. The maximum atomic E-state index is 13.0. The molecule has 5 rings (SSSR count). The number of phenols is 7. The van der Waals surface area contributed by atoms with E-state index in [1.165, 1.54) is 6.07 Å². The third-order valence-corrected chi connectivity index (χ3v) is 6.78. The average Bonchev–Trinajstić information content (AvgIpc) is 2.97. The minimum Gasteiger partial charge on any atom is -0.507 e. The number of fused-ring (bicyclic) bond motifs is 1. The van der Waals surface area contributed by atoms with Crippen molar-refractivity contribution in [2.45, 2.75) is 30.7 Å². The van der Waals surface area contributed by atoms with Gasteiger partial charge in [0, 0.05) is 17.7 Å². The molecule has 1 aliphatic rings. The first-order valence-corrected chi connectivity index (χ1v) is 12.6. The van der Waals surface area contributed by atoms with Crippen LogP contribution in [0.15, 0.2) is 51.7 Å². The molecule has 0 amide bonds. The predicted octanol–water partition coefficient (Wildman–Crippen LogP) is 0.443. The van der Waals surface area contributed by atoms with Crippen LogP contribution in [0.2, 0.25) is 0 Å². The molecule has 16 nitrogen and oxygen atoms in total. The number of aromatic hydroxyl groups is 7. The number of aliphatic hydroxyl groups excluding tert-OH is 3. The summed E-state index contributed by atoms with van der Waals surface area (Å²) in [4.78, 5) is 25.9.